The van der Waals surface area contributed by atoms with Gasteiger partial charge in [0.05, 0.1) is 33.8 Å². The Bertz CT molecular complexity index is 859. The van der Waals surface area contributed by atoms with Gasteiger partial charge in [0.25, 0.3) is 0 Å². The van der Waals surface area contributed by atoms with Gasteiger partial charge in [0.1, 0.15) is 0 Å². The number of aryl methyl sites for hydroxylation is 1. The molecule has 1 aromatic carbocycles. The first-order valence-electron chi connectivity index (χ1n) is 5.91. The summed E-state index contributed by atoms with van der Waals surface area (Å²) in [6.07, 6.45) is 0. The van der Waals surface area contributed by atoms with Crippen molar-refractivity contribution in [1.29, 1.82) is 0 Å². The summed E-state index contributed by atoms with van der Waals surface area (Å²) in [6, 6.07) is 4.58. The summed E-state index contributed by atoms with van der Waals surface area (Å²) in [5, 5.41) is 11.8. The van der Waals surface area contributed by atoms with E-state index in [2.05, 4.69) is 9.97 Å². The summed E-state index contributed by atoms with van der Waals surface area (Å²) < 4.78 is 1.55. The lowest BCUT2D eigenvalue weighted by Crippen LogP contribution is -2.17. The molecule has 2 heterocycles. The Balaban J connectivity index is 2.09. The second kappa shape index (κ2) is 4.61. The summed E-state index contributed by atoms with van der Waals surface area (Å²) in [4.78, 5) is 29.9. The van der Waals surface area contributed by atoms with E-state index >= 15 is 0 Å². The molecule has 102 valence electrons. The van der Waals surface area contributed by atoms with Crippen molar-refractivity contribution < 1.29 is 9.90 Å². The van der Waals surface area contributed by atoms with Crippen LogP contribution in [0.4, 0.5) is 0 Å². The summed E-state index contributed by atoms with van der Waals surface area (Å²) in [6.45, 7) is 2.28. The Hall–Kier alpha value is -2.41. The number of aromatic amines is 1. The zero-order chi connectivity index (χ0) is 14.3. The van der Waals surface area contributed by atoms with E-state index in [0.717, 1.165) is 10.7 Å². The summed E-state index contributed by atoms with van der Waals surface area (Å²) in [7, 11) is 0. The third-order valence-electron chi connectivity index (χ3n) is 3.01. The van der Waals surface area contributed by atoms with Crippen molar-refractivity contribution >= 4 is 28.3 Å². The molecule has 3 rings (SSSR count). The number of benzene rings is 1. The van der Waals surface area contributed by atoms with Gasteiger partial charge >= 0.3 is 11.7 Å². The van der Waals surface area contributed by atoms with E-state index in [4.69, 9.17) is 5.11 Å². The van der Waals surface area contributed by atoms with E-state index in [1.165, 1.54) is 23.5 Å². The lowest BCUT2D eigenvalue weighted by atomic mass is 10.2. The zero-order valence-electron chi connectivity index (χ0n) is 10.6. The summed E-state index contributed by atoms with van der Waals surface area (Å²) in [5.74, 6) is -1.02. The number of carboxylic acid groups (broad SMARTS) is 1. The number of thiazole rings is 1. The largest absolute Gasteiger partial charge is 0.478 e. The van der Waals surface area contributed by atoms with Gasteiger partial charge in [0, 0.05) is 5.38 Å². The highest BCUT2D eigenvalue weighted by atomic mass is 32.1. The lowest BCUT2D eigenvalue weighted by molar-refractivity contribution is 0.0697. The topological polar surface area (TPSA) is 88.0 Å². The summed E-state index contributed by atoms with van der Waals surface area (Å²) >= 11 is 1.53. The molecule has 0 aliphatic rings. The fourth-order valence-electron chi connectivity index (χ4n) is 2.10. The minimum absolute atomic E-state index is 0.149. The molecule has 0 bridgehead atoms. The number of hydrogen-bond acceptors (Lipinski definition) is 4. The molecule has 3 aromatic rings. The van der Waals surface area contributed by atoms with E-state index in [1.807, 2.05) is 12.3 Å². The van der Waals surface area contributed by atoms with Crippen LogP contribution < -0.4 is 5.69 Å². The van der Waals surface area contributed by atoms with E-state index in [0.29, 0.717) is 17.6 Å². The standard InChI is InChI=1S/C13H11N3O3S/c1-7-14-9(6-20-7)5-16-11-3-2-8(12(17)18)4-10(11)15-13(16)19/h2-4,6H,5H2,1H3,(H,15,19)(H,17,18). The number of aromatic carboxylic acids is 1. The number of aromatic nitrogens is 3. The fraction of sp³-hybridized carbons (Fsp3) is 0.154. The van der Waals surface area contributed by atoms with Gasteiger partial charge in [-0.15, -0.1) is 11.3 Å². The molecule has 0 atom stereocenters. The molecule has 0 aliphatic carbocycles. The van der Waals surface area contributed by atoms with Crippen LogP contribution in [0.5, 0.6) is 0 Å². The number of nitrogens with zero attached hydrogens (tertiary/aromatic N) is 2. The maximum absolute atomic E-state index is 12.0. The van der Waals surface area contributed by atoms with Crippen LogP contribution in [0.15, 0.2) is 28.4 Å². The average molecular weight is 289 g/mol. The van der Waals surface area contributed by atoms with Crippen LogP contribution in [-0.4, -0.2) is 25.6 Å². The Labute approximate surface area is 117 Å². The fourth-order valence-corrected chi connectivity index (χ4v) is 2.70. The molecule has 6 nitrogen and oxygen atoms in total. The SMILES string of the molecule is Cc1nc(Cn2c(=O)[nH]c3cc(C(=O)O)ccc32)cs1. The van der Waals surface area contributed by atoms with E-state index in [-0.39, 0.29) is 11.3 Å². The normalized spacial score (nSPS) is 11.1. The third-order valence-corrected chi connectivity index (χ3v) is 3.83. The maximum atomic E-state index is 12.0. The molecule has 0 fully saturated rings. The average Bonchev–Trinajstić information content (AvgIpc) is 2.94. The summed E-state index contributed by atoms with van der Waals surface area (Å²) in [5.41, 5.74) is 1.88. The van der Waals surface area contributed by atoms with Gasteiger partial charge in [-0.2, -0.15) is 0 Å². The second-order valence-electron chi connectivity index (χ2n) is 4.41. The first-order chi connectivity index (χ1) is 9.54. The minimum Gasteiger partial charge on any atom is -0.478 e. The predicted octanol–water partition coefficient (Wildman–Crippen LogP) is 1.84. The van der Waals surface area contributed by atoms with Crippen LogP contribution in [0, 0.1) is 6.92 Å². The molecule has 20 heavy (non-hydrogen) atoms. The first kappa shape index (κ1) is 12.6. The minimum atomic E-state index is -1.02. The number of H-pyrrole nitrogens is 1. The molecule has 2 N–H and O–H groups in total. The van der Waals surface area contributed by atoms with Crippen molar-refractivity contribution in [3.8, 4) is 0 Å². The molecule has 2 aromatic heterocycles. The van der Waals surface area contributed by atoms with E-state index in [9.17, 15) is 9.59 Å². The van der Waals surface area contributed by atoms with Crippen molar-refractivity contribution in [1.82, 2.24) is 14.5 Å². The van der Waals surface area contributed by atoms with Crippen LogP contribution in [0.2, 0.25) is 0 Å². The second-order valence-corrected chi connectivity index (χ2v) is 5.47. The number of fused-ring (bicyclic) bond motifs is 1. The number of carboxylic acids is 1. The molecule has 0 aliphatic heterocycles. The number of imidazole rings is 1. The molecule has 0 saturated carbocycles. The van der Waals surface area contributed by atoms with Crippen molar-refractivity contribution in [2.45, 2.75) is 13.5 Å². The highest BCUT2D eigenvalue weighted by Crippen LogP contribution is 2.15. The van der Waals surface area contributed by atoms with Gasteiger partial charge in [-0.05, 0) is 25.1 Å². The third kappa shape index (κ3) is 2.12. The Morgan fingerprint density at radius 3 is 2.95 bits per heavy atom. The maximum Gasteiger partial charge on any atom is 0.335 e. The van der Waals surface area contributed by atoms with Crippen molar-refractivity contribution in [2.24, 2.45) is 0 Å². The van der Waals surface area contributed by atoms with E-state index in [1.54, 1.807) is 10.6 Å². The number of rotatable bonds is 3. The Kier molecular flexibility index (Phi) is 2.90. The zero-order valence-corrected chi connectivity index (χ0v) is 11.4. The smallest absolute Gasteiger partial charge is 0.335 e. The molecule has 0 saturated heterocycles. The van der Waals surface area contributed by atoms with Crippen molar-refractivity contribution in [3.05, 3.63) is 50.3 Å². The number of carbonyl (C=O) groups is 1. The quantitative estimate of drug-likeness (QED) is 0.770. The molecule has 0 unspecified atom stereocenters. The van der Waals surface area contributed by atoms with Crippen LogP contribution in [0.3, 0.4) is 0 Å². The van der Waals surface area contributed by atoms with Gasteiger partial charge in [-0.25, -0.2) is 14.6 Å². The first-order valence-corrected chi connectivity index (χ1v) is 6.79. The van der Waals surface area contributed by atoms with Crippen molar-refractivity contribution in [3.63, 3.8) is 0 Å². The van der Waals surface area contributed by atoms with Gasteiger partial charge in [0.2, 0.25) is 0 Å². The lowest BCUT2D eigenvalue weighted by Gasteiger charge is -2.01. The van der Waals surface area contributed by atoms with Crippen LogP contribution in [0.25, 0.3) is 11.0 Å². The molecule has 0 amide bonds. The van der Waals surface area contributed by atoms with Crippen molar-refractivity contribution in [2.75, 3.05) is 0 Å². The molecular formula is C13H11N3O3S. The van der Waals surface area contributed by atoms with Gasteiger partial charge in [-0.3, -0.25) is 4.57 Å². The van der Waals surface area contributed by atoms with Gasteiger partial charge < -0.3 is 10.1 Å². The van der Waals surface area contributed by atoms with Gasteiger partial charge in [0.15, 0.2) is 0 Å². The Morgan fingerprint density at radius 2 is 2.30 bits per heavy atom. The Morgan fingerprint density at radius 1 is 1.50 bits per heavy atom. The molecular weight excluding hydrogens is 278 g/mol. The highest BCUT2D eigenvalue weighted by Gasteiger charge is 2.11. The monoisotopic (exact) mass is 289 g/mol. The molecule has 7 heteroatoms. The van der Waals surface area contributed by atoms with Crippen LogP contribution >= 0.6 is 11.3 Å². The molecule has 0 spiro atoms. The van der Waals surface area contributed by atoms with Crippen LogP contribution in [-0.2, 0) is 6.54 Å². The molecule has 0 radical (unpaired) electrons. The number of hydrogen-bond donors (Lipinski definition) is 2. The van der Waals surface area contributed by atoms with E-state index < -0.39 is 5.97 Å². The number of nitrogens with one attached hydrogen (secondary N) is 1. The van der Waals surface area contributed by atoms with Gasteiger partial charge in [-0.1, -0.05) is 0 Å². The predicted molar refractivity (Wildman–Crippen MR) is 75.5 cm³/mol. The highest BCUT2D eigenvalue weighted by molar-refractivity contribution is 7.09. The van der Waals surface area contributed by atoms with Crippen LogP contribution in [0.1, 0.15) is 21.1 Å².